The predicted octanol–water partition coefficient (Wildman–Crippen LogP) is 7.33. The van der Waals surface area contributed by atoms with Gasteiger partial charge in [0.1, 0.15) is 5.76 Å². The molecule has 1 aliphatic rings. The molecule has 4 rings (SSSR count). The first-order chi connectivity index (χ1) is 15.9. The van der Waals surface area contributed by atoms with E-state index in [4.69, 9.17) is 4.74 Å². The Balaban J connectivity index is 1.47. The molecule has 0 bridgehead atoms. The lowest BCUT2D eigenvalue weighted by molar-refractivity contribution is 0.152. The van der Waals surface area contributed by atoms with Crippen molar-refractivity contribution >= 4 is 5.57 Å². The second kappa shape index (κ2) is 9.65. The molecule has 5 heteroatoms. The van der Waals surface area contributed by atoms with E-state index in [0.29, 0.717) is 29.5 Å². The molecule has 0 spiro atoms. The van der Waals surface area contributed by atoms with Gasteiger partial charge in [0, 0.05) is 5.56 Å². The largest absolute Gasteiger partial charge is 0.498 e. The van der Waals surface area contributed by atoms with Gasteiger partial charge in [-0.05, 0) is 53.7 Å². The third-order valence-corrected chi connectivity index (χ3v) is 5.98. The second-order valence-electron chi connectivity index (χ2n) is 8.16. The quantitative estimate of drug-likeness (QED) is 0.356. The van der Waals surface area contributed by atoms with Crippen molar-refractivity contribution in [2.75, 3.05) is 7.11 Å². The van der Waals surface area contributed by atoms with Gasteiger partial charge in [-0.1, -0.05) is 72.3 Å². The molecular weight excluding hydrogens is 428 g/mol. The number of halogens is 4. The fraction of sp³-hybridized carbons (Fsp3) is 0.214. The van der Waals surface area contributed by atoms with E-state index >= 15 is 0 Å². The van der Waals surface area contributed by atoms with Gasteiger partial charge in [0.25, 0.3) is 0 Å². The molecule has 3 aromatic rings. The topological polar surface area (TPSA) is 9.23 Å². The summed E-state index contributed by atoms with van der Waals surface area (Å²) >= 11 is 0. The van der Waals surface area contributed by atoms with Crippen LogP contribution in [0, 0.1) is 18.6 Å². The maximum absolute atomic E-state index is 14.7. The minimum absolute atomic E-state index is 0.0366. The highest BCUT2D eigenvalue weighted by Crippen LogP contribution is 2.32. The van der Waals surface area contributed by atoms with Crippen molar-refractivity contribution in [3.63, 3.8) is 0 Å². The van der Waals surface area contributed by atoms with E-state index in [1.165, 1.54) is 19.3 Å². The van der Waals surface area contributed by atoms with Gasteiger partial charge in [-0.15, -0.1) is 0 Å². The number of ether oxygens (including phenoxy) is 1. The Kier molecular flexibility index (Phi) is 6.68. The number of methoxy groups -OCH3 is 1. The van der Waals surface area contributed by atoms with Crippen molar-refractivity contribution in [2.24, 2.45) is 0 Å². The number of benzene rings is 3. The molecule has 1 nitrogen and oxygen atoms in total. The molecule has 1 aliphatic carbocycles. The van der Waals surface area contributed by atoms with Crippen molar-refractivity contribution in [1.82, 2.24) is 0 Å². The molecule has 0 aromatic heterocycles. The summed E-state index contributed by atoms with van der Waals surface area (Å²) in [7, 11) is 1.31. The molecule has 0 saturated heterocycles. The molecule has 0 saturated carbocycles. The molecule has 0 radical (unpaired) electrons. The lowest BCUT2D eigenvalue weighted by atomic mass is 9.92. The first-order valence-corrected chi connectivity index (χ1v) is 10.8. The van der Waals surface area contributed by atoms with Gasteiger partial charge < -0.3 is 4.74 Å². The third kappa shape index (κ3) is 4.72. The standard InChI is InChI=1S/C28H24F4O/c1-17-3-8-19(9-4-17)22-14-13-21(25(29)26(22)30)12-7-18-5-10-20(11-6-18)23-15-16-24(33-2)28(32)27(23)31/h3-6,8-11,13-16,27-28H,7,12H2,1-2H3. The summed E-state index contributed by atoms with van der Waals surface area (Å²) in [5.74, 6) is -1.73. The zero-order chi connectivity index (χ0) is 23.5. The van der Waals surface area contributed by atoms with Gasteiger partial charge in [0.15, 0.2) is 24.0 Å². The molecule has 0 fully saturated rings. The third-order valence-electron chi connectivity index (χ3n) is 5.98. The maximum atomic E-state index is 14.7. The molecule has 0 aliphatic heterocycles. The van der Waals surface area contributed by atoms with Crippen LogP contribution in [0.5, 0.6) is 0 Å². The van der Waals surface area contributed by atoms with Crippen molar-refractivity contribution in [2.45, 2.75) is 32.1 Å². The first kappa shape index (κ1) is 22.8. The van der Waals surface area contributed by atoms with Crippen LogP contribution in [0.1, 0.15) is 22.3 Å². The van der Waals surface area contributed by atoms with Gasteiger partial charge in [-0.25, -0.2) is 17.6 Å². The molecule has 2 atom stereocenters. The minimum atomic E-state index is -1.84. The van der Waals surface area contributed by atoms with E-state index in [-0.39, 0.29) is 16.9 Å². The Hall–Kier alpha value is -3.34. The number of alkyl halides is 2. The Morgan fingerprint density at radius 3 is 2.06 bits per heavy atom. The lowest BCUT2D eigenvalue weighted by Crippen LogP contribution is -2.24. The summed E-state index contributed by atoms with van der Waals surface area (Å²) in [4.78, 5) is 0. The second-order valence-corrected chi connectivity index (χ2v) is 8.16. The Labute approximate surface area is 191 Å². The molecule has 0 amide bonds. The normalized spacial score (nSPS) is 18.0. The Morgan fingerprint density at radius 1 is 0.727 bits per heavy atom. The van der Waals surface area contributed by atoms with Crippen LogP contribution in [-0.4, -0.2) is 19.5 Å². The Morgan fingerprint density at radius 2 is 1.39 bits per heavy atom. The number of hydrogen-bond donors (Lipinski definition) is 0. The summed E-state index contributed by atoms with van der Waals surface area (Å²) in [5, 5.41) is 0. The molecular formula is C28H24F4O. The number of rotatable bonds is 6. The van der Waals surface area contributed by atoms with E-state index in [1.807, 2.05) is 19.1 Å². The van der Waals surface area contributed by atoms with Crippen LogP contribution >= 0.6 is 0 Å². The van der Waals surface area contributed by atoms with Crippen molar-refractivity contribution in [3.8, 4) is 11.1 Å². The van der Waals surface area contributed by atoms with Crippen molar-refractivity contribution in [1.29, 1.82) is 0 Å². The highest BCUT2D eigenvalue weighted by atomic mass is 19.2. The van der Waals surface area contributed by atoms with Crippen LogP contribution in [0.4, 0.5) is 17.6 Å². The van der Waals surface area contributed by atoms with Crippen LogP contribution in [0.15, 0.2) is 78.6 Å². The van der Waals surface area contributed by atoms with Gasteiger partial charge in [-0.2, -0.15) is 0 Å². The highest BCUT2D eigenvalue weighted by molar-refractivity contribution is 5.73. The summed E-state index contributed by atoms with van der Waals surface area (Å²) in [6.45, 7) is 1.93. The summed E-state index contributed by atoms with van der Waals surface area (Å²) in [6, 6.07) is 17.5. The zero-order valence-electron chi connectivity index (χ0n) is 18.4. The fourth-order valence-electron chi connectivity index (χ4n) is 3.98. The monoisotopic (exact) mass is 452 g/mol. The Bertz CT molecular complexity index is 1190. The fourth-order valence-corrected chi connectivity index (χ4v) is 3.98. The van der Waals surface area contributed by atoms with Gasteiger partial charge in [0.05, 0.1) is 7.11 Å². The van der Waals surface area contributed by atoms with E-state index in [9.17, 15) is 17.6 Å². The number of allylic oxidation sites excluding steroid dienone is 4. The van der Waals surface area contributed by atoms with Crippen LogP contribution in [0.25, 0.3) is 16.7 Å². The van der Waals surface area contributed by atoms with Crippen LogP contribution in [-0.2, 0) is 17.6 Å². The van der Waals surface area contributed by atoms with Gasteiger partial charge >= 0.3 is 0 Å². The minimum Gasteiger partial charge on any atom is -0.498 e. The molecule has 170 valence electrons. The van der Waals surface area contributed by atoms with Gasteiger partial charge in [-0.3, -0.25) is 0 Å². The van der Waals surface area contributed by atoms with E-state index < -0.39 is 24.0 Å². The average molecular weight is 452 g/mol. The molecule has 3 aromatic carbocycles. The number of hydrogen-bond acceptors (Lipinski definition) is 1. The van der Waals surface area contributed by atoms with E-state index in [1.54, 1.807) is 48.5 Å². The van der Waals surface area contributed by atoms with Crippen LogP contribution < -0.4 is 0 Å². The van der Waals surface area contributed by atoms with Crippen molar-refractivity contribution in [3.05, 3.63) is 112 Å². The molecule has 0 heterocycles. The van der Waals surface area contributed by atoms with E-state index in [0.717, 1.165) is 11.1 Å². The van der Waals surface area contributed by atoms with E-state index in [2.05, 4.69) is 0 Å². The smallest absolute Gasteiger partial charge is 0.192 e. The highest BCUT2D eigenvalue weighted by Gasteiger charge is 2.32. The molecule has 2 unspecified atom stereocenters. The first-order valence-electron chi connectivity index (χ1n) is 10.8. The lowest BCUT2D eigenvalue weighted by Gasteiger charge is -2.22. The molecule has 0 N–H and O–H groups in total. The molecule has 33 heavy (non-hydrogen) atoms. The van der Waals surface area contributed by atoms with Gasteiger partial charge in [0.2, 0.25) is 0 Å². The number of aryl methyl sites for hydroxylation is 3. The predicted molar refractivity (Wildman–Crippen MR) is 123 cm³/mol. The van der Waals surface area contributed by atoms with Crippen LogP contribution in [0.3, 0.4) is 0 Å². The summed E-state index contributed by atoms with van der Waals surface area (Å²) in [5.41, 5.74) is 3.91. The van der Waals surface area contributed by atoms with Crippen molar-refractivity contribution < 1.29 is 22.3 Å². The maximum Gasteiger partial charge on any atom is 0.192 e. The SMILES string of the molecule is COC1=CC=C(c2ccc(CCc3ccc(-c4ccc(C)cc4)c(F)c3F)cc2)C(F)C1F. The summed E-state index contributed by atoms with van der Waals surface area (Å²) < 4.78 is 62.8. The zero-order valence-corrected chi connectivity index (χ0v) is 18.4. The average Bonchev–Trinajstić information content (AvgIpc) is 2.83. The summed E-state index contributed by atoms with van der Waals surface area (Å²) in [6.07, 6.45) is 0.106. The van der Waals surface area contributed by atoms with Crippen LogP contribution in [0.2, 0.25) is 0 Å².